The Morgan fingerprint density at radius 1 is 1.11 bits per heavy atom. The fourth-order valence-corrected chi connectivity index (χ4v) is 2.57. The van der Waals surface area contributed by atoms with Crippen molar-refractivity contribution in [2.24, 2.45) is 5.73 Å². The third kappa shape index (κ3) is 3.96. The normalized spacial score (nSPS) is 10.5. The summed E-state index contributed by atoms with van der Waals surface area (Å²) in [7, 11) is 0. The summed E-state index contributed by atoms with van der Waals surface area (Å²) >= 11 is 9.49. The van der Waals surface area contributed by atoms with E-state index in [9.17, 15) is 0 Å². The van der Waals surface area contributed by atoms with Crippen molar-refractivity contribution in [3.63, 3.8) is 0 Å². The fraction of sp³-hybridized carbons (Fsp3) is 0.200. The van der Waals surface area contributed by atoms with E-state index in [0.29, 0.717) is 23.9 Å². The van der Waals surface area contributed by atoms with E-state index in [1.807, 2.05) is 30.3 Å². The third-order valence-corrected chi connectivity index (χ3v) is 3.60. The van der Waals surface area contributed by atoms with E-state index in [0.717, 1.165) is 16.5 Å². The molecule has 4 heteroatoms. The van der Waals surface area contributed by atoms with Gasteiger partial charge in [-0.25, -0.2) is 0 Å². The Morgan fingerprint density at radius 2 is 1.84 bits per heavy atom. The summed E-state index contributed by atoms with van der Waals surface area (Å²) in [6.07, 6.45) is 0.855. The molecule has 2 aromatic carbocycles. The van der Waals surface area contributed by atoms with Gasteiger partial charge in [0.2, 0.25) is 0 Å². The van der Waals surface area contributed by atoms with Crippen LogP contribution < -0.4 is 10.5 Å². The second-order valence-corrected chi connectivity index (χ2v) is 5.49. The van der Waals surface area contributed by atoms with Gasteiger partial charge in [0, 0.05) is 4.47 Å². The molecular formula is C15H15BrClNO. The highest BCUT2D eigenvalue weighted by Gasteiger charge is 2.05. The van der Waals surface area contributed by atoms with Gasteiger partial charge in [0.25, 0.3) is 0 Å². The highest BCUT2D eigenvalue weighted by Crippen LogP contribution is 2.28. The molecular weight excluding hydrogens is 326 g/mol. The first-order valence-corrected chi connectivity index (χ1v) is 7.22. The molecule has 19 heavy (non-hydrogen) atoms. The minimum absolute atomic E-state index is 0.498. The van der Waals surface area contributed by atoms with Crippen LogP contribution in [0.4, 0.5) is 0 Å². The Balaban J connectivity index is 2.10. The fourth-order valence-electron chi connectivity index (χ4n) is 1.85. The molecule has 0 aliphatic heterocycles. The molecule has 2 N–H and O–H groups in total. The van der Waals surface area contributed by atoms with Gasteiger partial charge in [0.1, 0.15) is 12.4 Å². The Kier molecular flexibility index (Phi) is 5.25. The maximum absolute atomic E-state index is 6.12. The van der Waals surface area contributed by atoms with Crippen molar-refractivity contribution < 1.29 is 4.74 Å². The van der Waals surface area contributed by atoms with Crippen molar-refractivity contribution in [2.75, 3.05) is 6.54 Å². The molecule has 0 radical (unpaired) electrons. The van der Waals surface area contributed by atoms with Crippen LogP contribution in [0.5, 0.6) is 5.75 Å². The van der Waals surface area contributed by atoms with Crippen LogP contribution in [0, 0.1) is 0 Å². The highest BCUT2D eigenvalue weighted by atomic mass is 79.9. The lowest BCUT2D eigenvalue weighted by Crippen LogP contribution is -2.07. The van der Waals surface area contributed by atoms with E-state index in [1.54, 1.807) is 0 Å². The van der Waals surface area contributed by atoms with Crippen molar-refractivity contribution >= 4 is 27.5 Å². The summed E-state index contributed by atoms with van der Waals surface area (Å²) in [6.45, 7) is 1.13. The molecule has 2 nitrogen and oxygen atoms in total. The zero-order valence-electron chi connectivity index (χ0n) is 10.4. The number of hydrogen-bond acceptors (Lipinski definition) is 2. The topological polar surface area (TPSA) is 35.2 Å². The van der Waals surface area contributed by atoms with Gasteiger partial charge in [0.05, 0.1) is 5.02 Å². The quantitative estimate of drug-likeness (QED) is 0.886. The van der Waals surface area contributed by atoms with E-state index in [4.69, 9.17) is 22.1 Å². The maximum Gasteiger partial charge on any atom is 0.138 e. The molecule has 2 aromatic rings. The smallest absolute Gasteiger partial charge is 0.138 e. The second-order valence-electron chi connectivity index (χ2n) is 4.17. The van der Waals surface area contributed by atoms with Crippen LogP contribution in [-0.4, -0.2) is 6.54 Å². The van der Waals surface area contributed by atoms with Gasteiger partial charge in [-0.2, -0.15) is 0 Å². The van der Waals surface area contributed by atoms with E-state index in [2.05, 4.69) is 28.1 Å². The Bertz CT molecular complexity index is 560. The van der Waals surface area contributed by atoms with Crippen LogP contribution in [0.15, 0.2) is 46.9 Å². The largest absolute Gasteiger partial charge is 0.487 e. The molecule has 0 spiro atoms. The monoisotopic (exact) mass is 339 g/mol. The summed E-state index contributed by atoms with van der Waals surface area (Å²) in [4.78, 5) is 0. The van der Waals surface area contributed by atoms with E-state index in [1.165, 1.54) is 5.56 Å². The zero-order chi connectivity index (χ0) is 13.7. The highest BCUT2D eigenvalue weighted by molar-refractivity contribution is 9.10. The van der Waals surface area contributed by atoms with Gasteiger partial charge >= 0.3 is 0 Å². The lowest BCUT2D eigenvalue weighted by atomic mass is 10.1. The van der Waals surface area contributed by atoms with Gasteiger partial charge in [-0.15, -0.1) is 0 Å². The van der Waals surface area contributed by atoms with Crippen LogP contribution in [0.2, 0.25) is 5.02 Å². The molecule has 0 unspecified atom stereocenters. The van der Waals surface area contributed by atoms with Crippen LogP contribution in [0.3, 0.4) is 0 Å². The summed E-state index contributed by atoms with van der Waals surface area (Å²) in [5.74, 6) is 0.687. The van der Waals surface area contributed by atoms with Crippen molar-refractivity contribution in [1.82, 2.24) is 0 Å². The molecule has 100 valence electrons. The van der Waals surface area contributed by atoms with Gasteiger partial charge in [-0.3, -0.25) is 0 Å². The molecule has 0 bridgehead atoms. The summed E-state index contributed by atoms with van der Waals surface area (Å²) < 4.78 is 6.71. The number of rotatable bonds is 5. The summed E-state index contributed by atoms with van der Waals surface area (Å²) in [6, 6.07) is 13.7. The molecule has 0 aromatic heterocycles. The predicted molar refractivity (Wildman–Crippen MR) is 82.7 cm³/mol. The minimum Gasteiger partial charge on any atom is -0.487 e. The molecule has 0 amide bonds. The Morgan fingerprint density at radius 3 is 2.53 bits per heavy atom. The first-order valence-electron chi connectivity index (χ1n) is 6.05. The number of halogens is 2. The minimum atomic E-state index is 0.498. The first kappa shape index (κ1) is 14.4. The van der Waals surface area contributed by atoms with E-state index in [-0.39, 0.29) is 0 Å². The van der Waals surface area contributed by atoms with Gasteiger partial charge < -0.3 is 10.5 Å². The average Bonchev–Trinajstić information content (AvgIpc) is 2.40. The number of benzene rings is 2. The molecule has 0 aliphatic carbocycles. The van der Waals surface area contributed by atoms with Gasteiger partial charge in [-0.1, -0.05) is 51.8 Å². The Hall–Kier alpha value is -1.03. The van der Waals surface area contributed by atoms with Crippen molar-refractivity contribution in [3.05, 3.63) is 63.1 Å². The lowest BCUT2D eigenvalue weighted by Gasteiger charge is -2.11. The van der Waals surface area contributed by atoms with Crippen LogP contribution in [-0.2, 0) is 13.0 Å². The van der Waals surface area contributed by atoms with Gasteiger partial charge in [-0.05, 0) is 42.3 Å². The van der Waals surface area contributed by atoms with Crippen molar-refractivity contribution in [1.29, 1.82) is 0 Å². The molecule has 0 atom stereocenters. The molecule has 0 fully saturated rings. The number of ether oxygens (including phenoxy) is 1. The van der Waals surface area contributed by atoms with E-state index >= 15 is 0 Å². The van der Waals surface area contributed by atoms with Crippen LogP contribution >= 0.6 is 27.5 Å². The second kappa shape index (κ2) is 6.94. The molecule has 0 saturated heterocycles. The first-order chi connectivity index (χ1) is 9.20. The van der Waals surface area contributed by atoms with Gasteiger partial charge in [0.15, 0.2) is 0 Å². The zero-order valence-corrected chi connectivity index (χ0v) is 12.7. The predicted octanol–water partition coefficient (Wildman–Crippen LogP) is 4.18. The van der Waals surface area contributed by atoms with Crippen molar-refractivity contribution in [2.45, 2.75) is 13.0 Å². The van der Waals surface area contributed by atoms with Crippen LogP contribution in [0.1, 0.15) is 11.1 Å². The van der Waals surface area contributed by atoms with E-state index < -0.39 is 0 Å². The average molecular weight is 341 g/mol. The number of nitrogens with two attached hydrogens (primary N) is 1. The third-order valence-electron chi connectivity index (χ3n) is 2.81. The van der Waals surface area contributed by atoms with Crippen LogP contribution in [0.25, 0.3) is 0 Å². The molecule has 0 heterocycles. The standard InChI is InChI=1S/C15H15BrClNO/c16-13-5-6-15(14(17)9-13)19-10-12-4-2-1-3-11(12)7-8-18/h1-6,9H,7-8,10,18H2. The maximum atomic E-state index is 6.12. The Labute approximate surface area is 126 Å². The number of hydrogen-bond donors (Lipinski definition) is 1. The SMILES string of the molecule is NCCc1ccccc1COc1ccc(Br)cc1Cl. The lowest BCUT2D eigenvalue weighted by molar-refractivity contribution is 0.305. The summed E-state index contributed by atoms with van der Waals surface area (Å²) in [5.41, 5.74) is 7.98. The van der Waals surface area contributed by atoms with Crippen molar-refractivity contribution in [3.8, 4) is 5.75 Å². The summed E-state index contributed by atoms with van der Waals surface area (Å²) in [5, 5.41) is 0.602. The molecule has 0 aliphatic rings. The molecule has 2 rings (SSSR count). The molecule has 0 saturated carbocycles.